The molecule has 1 aliphatic rings. The van der Waals surface area contributed by atoms with Crippen molar-refractivity contribution in [3.05, 3.63) is 35.9 Å². The Morgan fingerprint density at radius 3 is 2.33 bits per heavy atom. The number of rotatable bonds is 3. The van der Waals surface area contributed by atoms with E-state index in [1.54, 1.807) is 30.3 Å². The Morgan fingerprint density at radius 1 is 1.24 bits per heavy atom. The first-order valence-corrected chi connectivity index (χ1v) is 8.13. The Hall–Kier alpha value is -1.57. The molecule has 1 heterocycles. The number of hydrogen-bond acceptors (Lipinski definition) is 3. The predicted molar refractivity (Wildman–Crippen MR) is 70.1 cm³/mol. The summed E-state index contributed by atoms with van der Waals surface area (Å²) in [6, 6.07) is 7.28. The van der Waals surface area contributed by atoms with Crippen LogP contribution in [0.5, 0.6) is 0 Å². The molecule has 1 aromatic rings. The van der Waals surface area contributed by atoms with Gasteiger partial charge in [0.25, 0.3) is 0 Å². The van der Waals surface area contributed by atoms with Gasteiger partial charge < -0.3 is 4.90 Å². The largest absolute Gasteiger partial charge is 0.471 e. The summed E-state index contributed by atoms with van der Waals surface area (Å²) in [5, 5.41) is 0. The van der Waals surface area contributed by atoms with Gasteiger partial charge in [-0.1, -0.05) is 30.3 Å². The average Bonchev–Trinajstić information content (AvgIpc) is 2.75. The molecule has 0 radical (unpaired) electrons. The molecule has 0 aliphatic carbocycles. The second kappa shape index (κ2) is 5.67. The minimum absolute atomic E-state index is 0.0387. The van der Waals surface area contributed by atoms with Gasteiger partial charge in [0.15, 0.2) is 9.84 Å². The normalized spacial score (nSPS) is 21.2. The van der Waals surface area contributed by atoms with Gasteiger partial charge in [-0.15, -0.1) is 0 Å². The molecule has 1 amide bonds. The third-order valence-electron chi connectivity index (χ3n) is 3.35. The van der Waals surface area contributed by atoms with E-state index in [0.29, 0.717) is 10.5 Å². The number of carbonyl (C=O) groups is 1. The van der Waals surface area contributed by atoms with E-state index in [1.165, 1.54) is 0 Å². The van der Waals surface area contributed by atoms with Crippen molar-refractivity contribution in [1.29, 1.82) is 0 Å². The van der Waals surface area contributed by atoms with E-state index in [4.69, 9.17) is 0 Å². The van der Waals surface area contributed by atoms with Crippen LogP contribution in [0, 0.1) is 0 Å². The van der Waals surface area contributed by atoms with Crippen molar-refractivity contribution in [2.24, 2.45) is 0 Å². The topological polar surface area (TPSA) is 54.5 Å². The fourth-order valence-electron chi connectivity index (χ4n) is 2.33. The van der Waals surface area contributed by atoms with Crippen molar-refractivity contribution >= 4 is 15.7 Å². The fourth-order valence-corrected chi connectivity index (χ4v) is 4.06. The average molecular weight is 321 g/mol. The van der Waals surface area contributed by atoms with E-state index < -0.39 is 33.7 Å². The van der Waals surface area contributed by atoms with E-state index >= 15 is 0 Å². The highest BCUT2D eigenvalue weighted by Crippen LogP contribution is 2.26. The van der Waals surface area contributed by atoms with Crippen LogP contribution in [0.15, 0.2) is 30.3 Å². The summed E-state index contributed by atoms with van der Waals surface area (Å²) in [5.41, 5.74) is 0.527. The molecule has 8 heteroatoms. The number of alkyl halides is 3. The van der Waals surface area contributed by atoms with Gasteiger partial charge in [-0.3, -0.25) is 4.79 Å². The summed E-state index contributed by atoms with van der Waals surface area (Å²) in [4.78, 5) is 12.2. The second-order valence-corrected chi connectivity index (χ2v) is 7.20. The molecule has 0 bridgehead atoms. The highest BCUT2D eigenvalue weighted by atomic mass is 32.2. The molecule has 0 spiro atoms. The molecule has 1 fully saturated rings. The van der Waals surface area contributed by atoms with Crippen LogP contribution in [-0.4, -0.2) is 42.9 Å². The van der Waals surface area contributed by atoms with Crippen molar-refractivity contribution in [2.75, 3.05) is 11.5 Å². The van der Waals surface area contributed by atoms with Crippen LogP contribution in [0.4, 0.5) is 13.2 Å². The molecule has 1 atom stereocenters. The lowest BCUT2D eigenvalue weighted by atomic mass is 10.1. The zero-order valence-corrected chi connectivity index (χ0v) is 11.8. The van der Waals surface area contributed by atoms with Crippen molar-refractivity contribution in [3.63, 3.8) is 0 Å². The first-order chi connectivity index (χ1) is 9.69. The number of halogens is 3. The van der Waals surface area contributed by atoms with Gasteiger partial charge in [-0.25, -0.2) is 8.42 Å². The smallest absolute Gasteiger partial charge is 0.327 e. The summed E-state index contributed by atoms with van der Waals surface area (Å²) >= 11 is 0. The lowest BCUT2D eigenvalue weighted by Crippen LogP contribution is -2.47. The standard InChI is InChI=1S/C13H14F3NO3S/c14-13(15,16)12(18)17(8-10-4-2-1-3-5-10)11-6-7-21(19,20)9-11/h1-5,11H,6-9H2/t11-/m1/s1. The number of sulfone groups is 1. The van der Waals surface area contributed by atoms with Gasteiger partial charge in [0.2, 0.25) is 0 Å². The first-order valence-electron chi connectivity index (χ1n) is 6.31. The Bertz CT molecular complexity index is 613. The number of carbonyl (C=O) groups excluding carboxylic acids is 1. The quantitative estimate of drug-likeness (QED) is 0.852. The third-order valence-corrected chi connectivity index (χ3v) is 5.10. The maximum atomic E-state index is 12.7. The van der Waals surface area contributed by atoms with E-state index in [1.807, 2.05) is 0 Å². The highest BCUT2D eigenvalue weighted by molar-refractivity contribution is 7.91. The van der Waals surface area contributed by atoms with Crippen molar-refractivity contribution in [3.8, 4) is 0 Å². The van der Waals surface area contributed by atoms with Crippen LogP contribution in [0.2, 0.25) is 0 Å². The molecule has 1 saturated heterocycles. The molecule has 1 aromatic carbocycles. The molecule has 0 aromatic heterocycles. The maximum absolute atomic E-state index is 12.7. The maximum Gasteiger partial charge on any atom is 0.471 e. The Balaban J connectivity index is 2.25. The summed E-state index contributed by atoms with van der Waals surface area (Å²) in [6.07, 6.45) is -4.97. The molecular weight excluding hydrogens is 307 g/mol. The molecule has 4 nitrogen and oxygen atoms in total. The Labute approximate surface area is 120 Å². The van der Waals surface area contributed by atoms with Crippen molar-refractivity contribution in [2.45, 2.75) is 25.2 Å². The number of amides is 1. The minimum atomic E-state index is -5.01. The molecule has 21 heavy (non-hydrogen) atoms. The molecule has 0 saturated carbocycles. The van der Waals surface area contributed by atoms with Gasteiger partial charge in [0.1, 0.15) is 0 Å². The Kier molecular flexibility index (Phi) is 4.27. The van der Waals surface area contributed by atoms with Gasteiger partial charge in [-0.2, -0.15) is 13.2 Å². The molecular formula is C13H14F3NO3S. The van der Waals surface area contributed by atoms with Crippen LogP contribution in [0.25, 0.3) is 0 Å². The van der Waals surface area contributed by atoms with Crippen LogP contribution >= 0.6 is 0 Å². The second-order valence-electron chi connectivity index (χ2n) is 4.97. The van der Waals surface area contributed by atoms with Gasteiger partial charge in [0, 0.05) is 12.6 Å². The number of benzene rings is 1. The molecule has 116 valence electrons. The fraction of sp³-hybridized carbons (Fsp3) is 0.462. The minimum Gasteiger partial charge on any atom is -0.327 e. The van der Waals surface area contributed by atoms with E-state index in [0.717, 1.165) is 0 Å². The molecule has 0 N–H and O–H groups in total. The van der Waals surface area contributed by atoms with E-state index in [2.05, 4.69) is 0 Å². The zero-order valence-electron chi connectivity index (χ0n) is 11.0. The van der Waals surface area contributed by atoms with Gasteiger partial charge in [0.05, 0.1) is 11.5 Å². The van der Waals surface area contributed by atoms with Crippen molar-refractivity contribution in [1.82, 2.24) is 4.90 Å². The molecule has 1 aliphatic heterocycles. The van der Waals surface area contributed by atoms with Crippen LogP contribution in [0.1, 0.15) is 12.0 Å². The molecule has 0 unspecified atom stereocenters. The zero-order chi connectivity index (χ0) is 15.7. The van der Waals surface area contributed by atoms with Gasteiger partial charge in [-0.05, 0) is 12.0 Å². The van der Waals surface area contributed by atoms with Crippen LogP contribution < -0.4 is 0 Å². The summed E-state index contributed by atoms with van der Waals surface area (Å²) < 4.78 is 61.0. The first kappa shape index (κ1) is 15.8. The van der Waals surface area contributed by atoms with Crippen molar-refractivity contribution < 1.29 is 26.4 Å². The Morgan fingerprint density at radius 2 is 1.86 bits per heavy atom. The van der Waals surface area contributed by atoms with Crippen LogP contribution in [-0.2, 0) is 21.2 Å². The lowest BCUT2D eigenvalue weighted by molar-refractivity contribution is -0.188. The number of nitrogens with zero attached hydrogens (tertiary/aromatic N) is 1. The summed E-state index contributed by atoms with van der Waals surface area (Å²) in [6.45, 7) is -0.251. The van der Waals surface area contributed by atoms with Gasteiger partial charge >= 0.3 is 12.1 Å². The lowest BCUT2D eigenvalue weighted by Gasteiger charge is -2.29. The highest BCUT2D eigenvalue weighted by Gasteiger charge is 2.46. The summed E-state index contributed by atoms with van der Waals surface area (Å²) in [5.74, 6) is -2.59. The molecule has 2 rings (SSSR count). The van der Waals surface area contributed by atoms with E-state index in [9.17, 15) is 26.4 Å². The summed E-state index contributed by atoms with van der Waals surface area (Å²) in [7, 11) is -3.37. The monoisotopic (exact) mass is 321 g/mol. The third kappa shape index (κ3) is 3.96. The van der Waals surface area contributed by atoms with E-state index in [-0.39, 0.29) is 18.7 Å². The SMILES string of the molecule is O=C(N(Cc1ccccc1)[C@@H]1CCS(=O)(=O)C1)C(F)(F)F. The number of hydrogen-bond donors (Lipinski definition) is 0. The predicted octanol–water partition coefficient (Wildman–Crippen LogP) is 1.76. The van der Waals surface area contributed by atoms with Crippen LogP contribution in [0.3, 0.4) is 0 Å².